The Morgan fingerprint density at radius 2 is 1.77 bits per heavy atom. The van der Waals surface area contributed by atoms with Gasteiger partial charge in [-0.3, -0.25) is 0 Å². The average molecular weight is 231 g/mol. The van der Waals surface area contributed by atoms with Gasteiger partial charge in [-0.15, -0.1) is 0 Å². The molecule has 0 aliphatic carbocycles. The van der Waals surface area contributed by atoms with Crippen LogP contribution in [-0.2, 0) is 20.1 Å². The minimum absolute atomic E-state index is 0.224. The summed E-state index contributed by atoms with van der Waals surface area (Å²) in [4.78, 5) is 9.94. The average Bonchev–Trinajstić information content (AvgIpc) is 1.82. The molecule has 0 aliphatic heterocycles. The van der Waals surface area contributed by atoms with Crippen molar-refractivity contribution in [3.63, 3.8) is 0 Å². The summed E-state index contributed by atoms with van der Waals surface area (Å²) in [6, 6.07) is 0. The Labute approximate surface area is 80.9 Å². The van der Waals surface area contributed by atoms with E-state index in [-0.39, 0.29) is 13.2 Å². The second kappa shape index (κ2) is 4.77. The Hall–Kier alpha value is 0.420. The molecule has 0 amide bonds. The van der Waals surface area contributed by atoms with Crippen molar-refractivity contribution in [2.75, 3.05) is 25.4 Å². The van der Waals surface area contributed by atoms with E-state index >= 15 is 0 Å². The van der Waals surface area contributed by atoms with Crippen LogP contribution < -0.4 is 0 Å². The van der Waals surface area contributed by atoms with E-state index in [1.165, 1.54) is 6.66 Å². The van der Waals surface area contributed by atoms with Gasteiger partial charge in [0.1, 0.15) is 0 Å². The quantitative estimate of drug-likeness (QED) is 0.540. The van der Waals surface area contributed by atoms with Crippen molar-refractivity contribution in [1.82, 2.24) is 0 Å². The summed E-state index contributed by atoms with van der Waals surface area (Å²) in [5.74, 6) is 0. The standard InChI is InChI=1S/C6H17O5PS/c1-4-10-12(3,7,11-5-2)6-13(8)9/h7H,4-6H2,1-3H3,(H,8,9)/p-1. The molecule has 0 aromatic rings. The van der Waals surface area contributed by atoms with Crippen LogP contribution in [0.25, 0.3) is 0 Å². The van der Waals surface area contributed by atoms with Crippen molar-refractivity contribution in [2.24, 2.45) is 0 Å². The Morgan fingerprint density at radius 1 is 1.38 bits per heavy atom. The van der Waals surface area contributed by atoms with E-state index in [2.05, 4.69) is 0 Å². The van der Waals surface area contributed by atoms with E-state index < -0.39 is 23.9 Å². The van der Waals surface area contributed by atoms with Gasteiger partial charge in [-0.25, -0.2) is 0 Å². The van der Waals surface area contributed by atoms with Crippen LogP contribution in [0.1, 0.15) is 13.8 Å². The molecule has 1 unspecified atom stereocenters. The molecule has 0 saturated carbocycles. The van der Waals surface area contributed by atoms with Gasteiger partial charge < -0.3 is 0 Å². The molecule has 0 saturated heterocycles. The molecule has 0 rings (SSSR count). The number of hydrogen-bond acceptors (Lipinski definition) is 5. The van der Waals surface area contributed by atoms with Gasteiger partial charge in [0.2, 0.25) is 0 Å². The molecule has 0 aliphatic rings. The zero-order valence-electron chi connectivity index (χ0n) is 8.06. The first kappa shape index (κ1) is 13.4. The molecule has 0 spiro atoms. The Kier molecular flexibility index (Phi) is 4.93. The molecule has 0 fully saturated rings. The van der Waals surface area contributed by atoms with E-state index in [9.17, 15) is 13.7 Å². The monoisotopic (exact) mass is 231 g/mol. The maximum absolute atomic E-state index is 10.5. The predicted octanol–water partition coefficient (Wildman–Crippen LogP) is 0.816. The minimum atomic E-state index is -3.89. The molecule has 7 heteroatoms. The molecule has 0 radical (unpaired) electrons. The fourth-order valence-electron chi connectivity index (χ4n) is 1.01. The zero-order valence-corrected chi connectivity index (χ0v) is 9.77. The molecule has 82 valence electrons. The van der Waals surface area contributed by atoms with Crippen LogP contribution in [-0.4, -0.2) is 39.0 Å². The van der Waals surface area contributed by atoms with Gasteiger partial charge >= 0.3 is 80.3 Å². The van der Waals surface area contributed by atoms with E-state index in [0.717, 1.165) is 0 Å². The SMILES string of the molecule is CCOP(C)(O)(CS(=O)[O-])OCC. The van der Waals surface area contributed by atoms with Crippen molar-refractivity contribution >= 4 is 18.4 Å². The fourth-order valence-corrected chi connectivity index (χ4v) is 4.92. The van der Waals surface area contributed by atoms with Crippen LogP contribution in [0.4, 0.5) is 0 Å². The molecule has 0 aromatic heterocycles. The van der Waals surface area contributed by atoms with E-state index in [0.29, 0.717) is 0 Å². The molecule has 5 nitrogen and oxygen atoms in total. The van der Waals surface area contributed by atoms with Gasteiger partial charge in [0, 0.05) is 0 Å². The topological polar surface area (TPSA) is 78.8 Å². The Morgan fingerprint density at radius 3 is 2.00 bits per heavy atom. The van der Waals surface area contributed by atoms with Gasteiger partial charge in [0.05, 0.1) is 0 Å². The third-order valence-electron chi connectivity index (χ3n) is 1.32. The molecule has 0 heterocycles. The van der Waals surface area contributed by atoms with Gasteiger partial charge in [-0.2, -0.15) is 0 Å². The van der Waals surface area contributed by atoms with Gasteiger partial charge in [-0.1, -0.05) is 0 Å². The van der Waals surface area contributed by atoms with E-state index in [1.54, 1.807) is 13.8 Å². The van der Waals surface area contributed by atoms with Crippen LogP contribution in [0.5, 0.6) is 0 Å². The molecule has 1 atom stereocenters. The van der Waals surface area contributed by atoms with Crippen molar-refractivity contribution < 1.29 is 22.7 Å². The molecule has 13 heavy (non-hydrogen) atoms. The molecule has 0 aromatic carbocycles. The summed E-state index contributed by atoms with van der Waals surface area (Å²) < 4.78 is 31.0. The summed E-state index contributed by atoms with van der Waals surface area (Å²) in [6.45, 7) is 5.13. The van der Waals surface area contributed by atoms with Gasteiger partial charge in [0.15, 0.2) is 0 Å². The van der Waals surface area contributed by atoms with E-state index in [1.807, 2.05) is 0 Å². The van der Waals surface area contributed by atoms with Crippen molar-refractivity contribution in [3.8, 4) is 0 Å². The summed E-state index contributed by atoms with van der Waals surface area (Å²) in [5.41, 5.74) is -0.479. The van der Waals surface area contributed by atoms with Crippen molar-refractivity contribution in [1.29, 1.82) is 0 Å². The molecular weight excluding hydrogens is 215 g/mol. The second-order valence-electron chi connectivity index (χ2n) is 2.79. The fraction of sp³-hybridized carbons (Fsp3) is 1.00. The molecule has 1 N–H and O–H groups in total. The van der Waals surface area contributed by atoms with Crippen LogP contribution in [0.2, 0.25) is 0 Å². The predicted molar refractivity (Wildman–Crippen MR) is 52.1 cm³/mol. The molecular formula is C6H16O5PS-. The number of hydrogen-bond donors (Lipinski definition) is 1. The van der Waals surface area contributed by atoms with Gasteiger partial charge in [0.25, 0.3) is 0 Å². The Balaban J connectivity index is 4.57. The first-order valence-corrected chi connectivity index (χ1v) is 7.84. The van der Waals surface area contributed by atoms with E-state index in [4.69, 9.17) is 9.05 Å². The third-order valence-corrected chi connectivity index (χ3v) is 6.34. The normalized spacial score (nSPS) is 17.8. The second-order valence-corrected chi connectivity index (χ2v) is 7.98. The maximum atomic E-state index is 10.5. The first-order chi connectivity index (χ1) is 5.82. The third kappa shape index (κ3) is 5.00. The van der Waals surface area contributed by atoms with Crippen LogP contribution in [0, 0.1) is 0 Å². The Bertz CT molecular complexity index is 185. The molecule has 0 bridgehead atoms. The summed E-state index contributed by atoms with van der Waals surface area (Å²) in [5, 5.41) is 0. The summed E-state index contributed by atoms with van der Waals surface area (Å²) in [6.07, 6.45) is 0. The summed E-state index contributed by atoms with van der Waals surface area (Å²) in [7, 11) is -3.89. The van der Waals surface area contributed by atoms with Crippen molar-refractivity contribution in [3.05, 3.63) is 0 Å². The van der Waals surface area contributed by atoms with Crippen LogP contribution in [0.15, 0.2) is 0 Å². The van der Waals surface area contributed by atoms with Gasteiger partial charge in [-0.05, 0) is 0 Å². The first-order valence-electron chi connectivity index (χ1n) is 3.94. The number of rotatable bonds is 6. The summed E-state index contributed by atoms with van der Waals surface area (Å²) >= 11 is -2.37. The zero-order chi connectivity index (χ0) is 10.6. The van der Waals surface area contributed by atoms with Crippen LogP contribution in [0.3, 0.4) is 0 Å². The van der Waals surface area contributed by atoms with Crippen LogP contribution >= 0.6 is 7.28 Å². The van der Waals surface area contributed by atoms with Crippen molar-refractivity contribution in [2.45, 2.75) is 13.8 Å².